The third kappa shape index (κ3) is 7.33. The monoisotopic (exact) mass is 1140 g/mol. The summed E-state index contributed by atoms with van der Waals surface area (Å²) in [5.74, 6) is 0.600. The van der Waals surface area contributed by atoms with Gasteiger partial charge in [-0.3, -0.25) is 4.57 Å². The lowest BCUT2D eigenvalue weighted by molar-refractivity contribution is 0.669. The zero-order valence-corrected chi connectivity index (χ0v) is 48.1. The van der Waals surface area contributed by atoms with Crippen molar-refractivity contribution in [2.75, 3.05) is 4.90 Å². The molecule has 0 aliphatic heterocycles. The molecule has 19 rings (SSSR count). The van der Waals surface area contributed by atoms with E-state index in [9.17, 15) is 0 Å². The number of hydrogen-bond donors (Lipinski definition) is 0. The summed E-state index contributed by atoms with van der Waals surface area (Å²) < 4.78 is 11.3. The molecule has 0 amide bonds. The van der Waals surface area contributed by atoms with Crippen LogP contribution in [0.15, 0.2) is 296 Å². The highest BCUT2D eigenvalue weighted by atomic mass is 32.1. The van der Waals surface area contributed by atoms with Gasteiger partial charge in [-0.2, -0.15) is 0 Å². The molecule has 0 spiro atoms. The lowest BCUT2D eigenvalue weighted by atomic mass is 9.93. The summed E-state index contributed by atoms with van der Waals surface area (Å²) in [5, 5.41) is 21.7. The first-order chi connectivity index (χ1) is 43.6. The smallest absolute Gasteiger partial charge is 0.235 e. The number of para-hydroxylation sites is 1. The molecule has 15 aromatic carbocycles. The molecule has 4 aromatic heterocycles. The highest BCUT2D eigenvalue weighted by Gasteiger charge is 2.26. The van der Waals surface area contributed by atoms with Crippen LogP contribution in [-0.4, -0.2) is 14.5 Å². The van der Waals surface area contributed by atoms with Crippen LogP contribution in [0.3, 0.4) is 0 Å². The Kier molecular flexibility index (Phi) is 10.6. The second kappa shape index (κ2) is 19.0. The lowest BCUT2D eigenvalue weighted by Crippen LogP contribution is -2.10. The first-order valence-electron chi connectivity index (χ1n) is 29.9. The number of nitrogens with zero attached hydrogens (tertiary/aromatic N) is 4. The average Bonchev–Trinajstić information content (AvgIpc) is 1.51. The van der Waals surface area contributed by atoms with E-state index in [2.05, 4.69) is 295 Å². The molecule has 0 unspecified atom stereocenters. The summed E-state index contributed by atoms with van der Waals surface area (Å²) in [5.41, 5.74) is 12.9. The van der Waals surface area contributed by atoms with Crippen molar-refractivity contribution >= 4 is 157 Å². The van der Waals surface area contributed by atoms with Gasteiger partial charge in [0.1, 0.15) is 11.2 Å². The fourth-order valence-corrected chi connectivity index (χ4v) is 15.7. The van der Waals surface area contributed by atoms with Gasteiger partial charge in [-0.1, -0.05) is 224 Å². The number of thiophene rings is 1. The normalized spacial score (nSPS) is 12.1. The third-order valence-corrected chi connectivity index (χ3v) is 19.5. The summed E-state index contributed by atoms with van der Waals surface area (Å²) in [4.78, 5) is 13.8. The maximum atomic E-state index is 6.48. The Labute approximate surface area is 508 Å². The molecule has 0 saturated carbocycles. The summed E-state index contributed by atoms with van der Waals surface area (Å²) in [6.45, 7) is 0. The zero-order valence-electron chi connectivity index (χ0n) is 47.3. The van der Waals surface area contributed by atoms with Crippen LogP contribution in [-0.2, 0) is 0 Å². The summed E-state index contributed by atoms with van der Waals surface area (Å²) in [6.07, 6.45) is 0. The molecule has 5 nitrogen and oxygen atoms in total. The molecule has 0 atom stereocenters. The quantitative estimate of drug-likeness (QED) is 0.149. The highest BCUT2D eigenvalue weighted by molar-refractivity contribution is 7.27. The molecule has 0 saturated heterocycles. The number of furan rings is 1. The number of anilines is 3. The maximum Gasteiger partial charge on any atom is 0.235 e. The minimum Gasteiger partial charge on any atom is -0.456 e. The van der Waals surface area contributed by atoms with Crippen LogP contribution in [0.25, 0.3) is 168 Å². The van der Waals surface area contributed by atoms with E-state index in [1.165, 1.54) is 90.4 Å². The molecule has 19 aromatic rings. The molecule has 0 N–H and O–H groups in total. The van der Waals surface area contributed by atoms with E-state index in [4.69, 9.17) is 14.4 Å². The molecular weight excluding hydrogens is 1090 g/mol. The Bertz CT molecular complexity index is 6050. The van der Waals surface area contributed by atoms with Crippen molar-refractivity contribution < 1.29 is 4.42 Å². The topological polar surface area (TPSA) is 47.1 Å². The SMILES string of the molecule is c1ccc(-c2ccc(-c3cc(-c4ccccc4)nc(-n4c5ccc(N(c6ccc7oc8ccccc8c7c6)c6ccc7c8ccccc8c8ccccc8c7c6)cc5c5ccc6sc7c(ccc8c9ccccc9c9ccccc9c87)c6c54)n3)cc2)cc1. The molecule has 0 fully saturated rings. The van der Waals surface area contributed by atoms with E-state index in [0.717, 1.165) is 88.9 Å². The second-order valence-corrected chi connectivity index (χ2v) is 24.2. The number of aromatic nitrogens is 3. The van der Waals surface area contributed by atoms with E-state index in [1.807, 2.05) is 17.4 Å². The van der Waals surface area contributed by atoms with Crippen LogP contribution in [0, 0.1) is 0 Å². The van der Waals surface area contributed by atoms with E-state index in [0.29, 0.717) is 5.95 Å². The first-order valence-corrected chi connectivity index (χ1v) is 30.8. The van der Waals surface area contributed by atoms with Gasteiger partial charge in [-0.05, 0) is 137 Å². The molecular formula is C82H48N4OS. The van der Waals surface area contributed by atoms with Gasteiger partial charge >= 0.3 is 0 Å². The van der Waals surface area contributed by atoms with Gasteiger partial charge in [0, 0.05) is 75.3 Å². The molecule has 408 valence electrons. The number of fused-ring (bicyclic) bond motifs is 23. The van der Waals surface area contributed by atoms with E-state index >= 15 is 0 Å². The molecule has 0 radical (unpaired) electrons. The summed E-state index contributed by atoms with van der Waals surface area (Å²) >= 11 is 1.88. The Morgan fingerprint density at radius 2 is 0.727 bits per heavy atom. The van der Waals surface area contributed by atoms with Crippen molar-refractivity contribution in [1.29, 1.82) is 0 Å². The van der Waals surface area contributed by atoms with E-state index in [-0.39, 0.29) is 0 Å². The van der Waals surface area contributed by atoms with Gasteiger partial charge in [0.15, 0.2) is 0 Å². The molecule has 0 bridgehead atoms. The van der Waals surface area contributed by atoms with Gasteiger partial charge in [0.25, 0.3) is 0 Å². The van der Waals surface area contributed by atoms with Gasteiger partial charge in [0.2, 0.25) is 5.95 Å². The van der Waals surface area contributed by atoms with E-state index < -0.39 is 0 Å². The molecule has 6 heteroatoms. The maximum absolute atomic E-state index is 6.48. The Balaban J connectivity index is 0.910. The fourth-order valence-electron chi connectivity index (χ4n) is 14.4. The number of hydrogen-bond acceptors (Lipinski definition) is 5. The Hall–Kier alpha value is -11.4. The van der Waals surface area contributed by atoms with Crippen LogP contribution < -0.4 is 4.90 Å². The first kappa shape index (κ1) is 48.9. The van der Waals surface area contributed by atoms with Crippen LogP contribution >= 0.6 is 11.3 Å². The average molecular weight is 1140 g/mol. The van der Waals surface area contributed by atoms with Gasteiger partial charge in [-0.15, -0.1) is 11.3 Å². The zero-order chi connectivity index (χ0) is 57.6. The molecule has 88 heavy (non-hydrogen) atoms. The van der Waals surface area contributed by atoms with Crippen molar-refractivity contribution in [3.63, 3.8) is 0 Å². The van der Waals surface area contributed by atoms with Crippen LogP contribution in [0.2, 0.25) is 0 Å². The predicted molar refractivity (Wildman–Crippen MR) is 373 cm³/mol. The molecule has 0 aliphatic carbocycles. The van der Waals surface area contributed by atoms with Gasteiger partial charge in [-0.25, -0.2) is 9.97 Å². The predicted octanol–water partition coefficient (Wildman–Crippen LogP) is 23.2. The van der Waals surface area contributed by atoms with Crippen LogP contribution in [0.4, 0.5) is 17.1 Å². The largest absolute Gasteiger partial charge is 0.456 e. The Morgan fingerprint density at radius 3 is 1.39 bits per heavy atom. The van der Waals surface area contributed by atoms with Gasteiger partial charge < -0.3 is 9.32 Å². The fraction of sp³-hybridized carbons (Fsp3) is 0. The van der Waals surface area contributed by atoms with Gasteiger partial charge in [0.05, 0.1) is 22.4 Å². The molecule has 0 aliphatic rings. The van der Waals surface area contributed by atoms with Crippen molar-refractivity contribution in [3.05, 3.63) is 291 Å². The van der Waals surface area contributed by atoms with Crippen molar-refractivity contribution in [1.82, 2.24) is 14.5 Å². The standard InChI is InChI=1S/C82H48N4OS/c1-3-17-49(18-4-1)50-31-33-52(34-32-50)73-48-72(51-19-5-2-6-20-51)83-82(84-73)86-74-42-36-54(46-70(74)67-41-44-77-79(80(67)86)68-40-39-66-61-26-11-9-24-59(61)60-25-13-14-29-65(60)78(66)81(68)88-77)85(55-37-43-76-71(47-55)64-28-15-16-30-75(64)87-76)53-35-38-63-58-23-8-7-21-56(58)57-22-10-12-27-62(57)69(63)45-53/h1-48H. The lowest BCUT2D eigenvalue weighted by Gasteiger charge is -2.26. The summed E-state index contributed by atoms with van der Waals surface area (Å²) in [6, 6.07) is 106. The Morgan fingerprint density at radius 1 is 0.295 bits per heavy atom. The highest BCUT2D eigenvalue weighted by Crippen LogP contribution is 2.50. The van der Waals surface area contributed by atoms with Crippen LogP contribution in [0.5, 0.6) is 0 Å². The van der Waals surface area contributed by atoms with Crippen molar-refractivity contribution in [2.45, 2.75) is 0 Å². The van der Waals surface area contributed by atoms with Crippen molar-refractivity contribution in [3.8, 4) is 39.6 Å². The third-order valence-electron chi connectivity index (χ3n) is 18.4. The van der Waals surface area contributed by atoms with Crippen molar-refractivity contribution in [2.24, 2.45) is 0 Å². The molecule has 4 heterocycles. The summed E-state index contributed by atoms with van der Waals surface area (Å²) in [7, 11) is 0. The number of rotatable bonds is 7. The minimum atomic E-state index is 0.600. The van der Waals surface area contributed by atoms with E-state index in [1.54, 1.807) is 0 Å². The minimum absolute atomic E-state index is 0.600. The number of benzene rings is 15. The second-order valence-electron chi connectivity index (χ2n) is 23.1. The van der Waals surface area contributed by atoms with Crippen LogP contribution in [0.1, 0.15) is 0 Å².